The zero-order valence-corrected chi connectivity index (χ0v) is 18.7. The number of imidazole rings is 1. The molecule has 0 aliphatic heterocycles. The maximum absolute atomic E-state index is 12.6. The summed E-state index contributed by atoms with van der Waals surface area (Å²) in [6.07, 6.45) is 5.77. The monoisotopic (exact) mass is 449 g/mol. The van der Waals surface area contributed by atoms with Crippen molar-refractivity contribution in [2.45, 2.75) is 20.3 Å². The minimum absolute atomic E-state index is 0.241. The Bertz CT molecular complexity index is 1180. The standard InChI is InChI=1S/C25H24ClN3O3/c1-17(2)15-31-23-9-3-19(26)13-18(23)14-22-8-10-24(32-22)25(30)28-20-4-6-21(7-5-20)29-12-11-27-16-29/h3-13,16-17H,14-15H2,1-2H3,(H,28,30). The molecule has 0 aliphatic carbocycles. The number of anilines is 1. The van der Waals surface area contributed by atoms with E-state index >= 15 is 0 Å². The molecule has 0 spiro atoms. The summed E-state index contributed by atoms with van der Waals surface area (Å²) in [5, 5.41) is 3.48. The highest BCUT2D eigenvalue weighted by Gasteiger charge is 2.14. The average Bonchev–Trinajstić information content (AvgIpc) is 3.46. The molecule has 7 heteroatoms. The lowest BCUT2D eigenvalue weighted by atomic mass is 10.1. The molecular weight excluding hydrogens is 426 g/mol. The van der Waals surface area contributed by atoms with Crippen molar-refractivity contribution in [1.82, 2.24) is 9.55 Å². The van der Waals surface area contributed by atoms with E-state index in [0.717, 1.165) is 17.0 Å². The molecule has 4 rings (SSSR count). The fraction of sp³-hybridized carbons (Fsp3) is 0.200. The van der Waals surface area contributed by atoms with Gasteiger partial charge in [-0.3, -0.25) is 4.79 Å². The summed E-state index contributed by atoms with van der Waals surface area (Å²) in [4.78, 5) is 16.7. The van der Waals surface area contributed by atoms with Crippen molar-refractivity contribution < 1.29 is 13.9 Å². The van der Waals surface area contributed by atoms with Gasteiger partial charge in [-0.2, -0.15) is 0 Å². The van der Waals surface area contributed by atoms with Crippen molar-refractivity contribution in [2.75, 3.05) is 11.9 Å². The van der Waals surface area contributed by atoms with Gasteiger partial charge in [0.15, 0.2) is 5.76 Å². The van der Waals surface area contributed by atoms with Crippen LogP contribution in [0.2, 0.25) is 5.02 Å². The highest BCUT2D eigenvalue weighted by molar-refractivity contribution is 6.30. The number of carbonyl (C=O) groups is 1. The van der Waals surface area contributed by atoms with Crippen LogP contribution in [0.15, 0.2) is 77.7 Å². The highest BCUT2D eigenvalue weighted by atomic mass is 35.5. The third kappa shape index (κ3) is 5.39. The van der Waals surface area contributed by atoms with Crippen LogP contribution in [0.1, 0.15) is 35.7 Å². The quantitative estimate of drug-likeness (QED) is 0.358. The summed E-state index contributed by atoms with van der Waals surface area (Å²) in [5.41, 5.74) is 2.54. The first-order valence-electron chi connectivity index (χ1n) is 10.4. The fourth-order valence-electron chi connectivity index (χ4n) is 3.19. The van der Waals surface area contributed by atoms with E-state index in [2.05, 4.69) is 24.1 Å². The second-order valence-corrected chi connectivity index (χ2v) is 8.31. The van der Waals surface area contributed by atoms with Crippen LogP contribution in [0.5, 0.6) is 5.75 Å². The van der Waals surface area contributed by atoms with Crippen LogP contribution in [0.3, 0.4) is 0 Å². The highest BCUT2D eigenvalue weighted by Crippen LogP contribution is 2.27. The average molecular weight is 450 g/mol. The number of nitrogens with zero attached hydrogens (tertiary/aromatic N) is 2. The Kier molecular flexibility index (Phi) is 6.61. The molecule has 0 radical (unpaired) electrons. The van der Waals surface area contributed by atoms with Gasteiger partial charge >= 0.3 is 0 Å². The number of halogens is 1. The first kappa shape index (κ1) is 21.7. The number of carbonyl (C=O) groups excluding carboxylic acids is 1. The van der Waals surface area contributed by atoms with Gasteiger partial charge in [-0.25, -0.2) is 4.98 Å². The summed E-state index contributed by atoms with van der Waals surface area (Å²) < 4.78 is 13.6. The van der Waals surface area contributed by atoms with E-state index in [1.807, 2.05) is 47.2 Å². The molecule has 0 saturated heterocycles. The summed E-state index contributed by atoms with van der Waals surface area (Å²) in [6, 6.07) is 16.5. The second-order valence-electron chi connectivity index (χ2n) is 7.87. The largest absolute Gasteiger partial charge is 0.493 e. The molecule has 0 saturated carbocycles. The molecule has 0 bridgehead atoms. The zero-order chi connectivity index (χ0) is 22.5. The number of benzene rings is 2. The summed E-state index contributed by atoms with van der Waals surface area (Å²) in [6.45, 7) is 4.80. The van der Waals surface area contributed by atoms with E-state index in [1.165, 1.54) is 0 Å². The molecule has 2 aromatic heterocycles. The minimum Gasteiger partial charge on any atom is -0.493 e. The topological polar surface area (TPSA) is 69.3 Å². The predicted molar refractivity (Wildman–Crippen MR) is 125 cm³/mol. The number of hydrogen-bond donors (Lipinski definition) is 1. The molecule has 0 aliphatic rings. The molecule has 0 fully saturated rings. The smallest absolute Gasteiger partial charge is 0.291 e. The number of aromatic nitrogens is 2. The molecule has 0 atom stereocenters. The van der Waals surface area contributed by atoms with Gasteiger partial charge in [0.2, 0.25) is 0 Å². The lowest BCUT2D eigenvalue weighted by Gasteiger charge is -2.13. The van der Waals surface area contributed by atoms with Gasteiger partial charge in [-0.05, 0) is 60.5 Å². The Hall–Kier alpha value is -3.51. The third-order valence-corrected chi connectivity index (χ3v) is 5.01. The maximum Gasteiger partial charge on any atom is 0.291 e. The van der Waals surface area contributed by atoms with E-state index in [0.29, 0.717) is 35.4 Å². The van der Waals surface area contributed by atoms with Crippen molar-refractivity contribution in [3.05, 3.63) is 95.4 Å². The molecular formula is C25H24ClN3O3. The van der Waals surface area contributed by atoms with Crippen molar-refractivity contribution in [3.8, 4) is 11.4 Å². The fourth-order valence-corrected chi connectivity index (χ4v) is 3.38. The van der Waals surface area contributed by atoms with Crippen molar-refractivity contribution in [2.24, 2.45) is 5.92 Å². The van der Waals surface area contributed by atoms with Gasteiger partial charge in [-0.15, -0.1) is 0 Å². The van der Waals surface area contributed by atoms with E-state index in [-0.39, 0.29) is 11.7 Å². The summed E-state index contributed by atoms with van der Waals surface area (Å²) in [5.74, 6) is 1.76. The number of rotatable bonds is 8. The van der Waals surface area contributed by atoms with Gasteiger partial charge in [0.1, 0.15) is 11.5 Å². The normalized spacial score (nSPS) is 11.0. The van der Waals surface area contributed by atoms with Crippen LogP contribution in [0.4, 0.5) is 5.69 Å². The molecule has 0 unspecified atom stereocenters. The molecule has 1 amide bonds. The number of hydrogen-bond acceptors (Lipinski definition) is 4. The van der Waals surface area contributed by atoms with Gasteiger partial charge < -0.3 is 19.0 Å². The minimum atomic E-state index is -0.311. The van der Waals surface area contributed by atoms with E-state index in [4.69, 9.17) is 20.8 Å². The lowest BCUT2D eigenvalue weighted by Crippen LogP contribution is -2.10. The Morgan fingerprint density at radius 2 is 1.97 bits per heavy atom. The van der Waals surface area contributed by atoms with Crippen molar-refractivity contribution in [1.29, 1.82) is 0 Å². The Balaban J connectivity index is 1.42. The first-order chi connectivity index (χ1) is 15.5. The van der Waals surface area contributed by atoms with E-state index in [9.17, 15) is 4.79 Å². The predicted octanol–water partition coefficient (Wildman–Crippen LogP) is 6.00. The Morgan fingerprint density at radius 3 is 2.69 bits per heavy atom. The lowest BCUT2D eigenvalue weighted by molar-refractivity contribution is 0.0995. The van der Waals surface area contributed by atoms with Crippen LogP contribution in [-0.2, 0) is 6.42 Å². The van der Waals surface area contributed by atoms with E-state index in [1.54, 1.807) is 30.7 Å². The van der Waals surface area contributed by atoms with Crippen LogP contribution in [-0.4, -0.2) is 22.1 Å². The zero-order valence-electron chi connectivity index (χ0n) is 17.9. The van der Waals surface area contributed by atoms with Crippen LogP contribution in [0.25, 0.3) is 5.69 Å². The number of nitrogens with one attached hydrogen (secondary N) is 1. The molecule has 164 valence electrons. The maximum atomic E-state index is 12.6. The number of furan rings is 1. The molecule has 6 nitrogen and oxygen atoms in total. The van der Waals surface area contributed by atoms with Crippen LogP contribution >= 0.6 is 11.6 Å². The Morgan fingerprint density at radius 1 is 1.16 bits per heavy atom. The second kappa shape index (κ2) is 9.75. The molecule has 1 N–H and O–H groups in total. The van der Waals surface area contributed by atoms with Crippen molar-refractivity contribution >= 4 is 23.2 Å². The molecule has 2 aromatic carbocycles. The van der Waals surface area contributed by atoms with Crippen LogP contribution in [0, 0.1) is 5.92 Å². The number of ether oxygens (including phenoxy) is 1. The molecule has 4 aromatic rings. The number of amides is 1. The van der Waals surface area contributed by atoms with Gasteiger partial charge in [-0.1, -0.05) is 25.4 Å². The molecule has 2 heterocycles. The van der Waals surface area contributed by atoms with E-state index < -0.39 is 0 Å². The van der Waals surface area contributed by atoms with Gasteiger partial charge in [0, 0.05) is 40.8 Å². The van der Waals surface area contributed by atoms with Gasteiger partial charge in [0.25, 0.3) is 5.91 Å². The van der Waals surface area contributed by atoms with Crippen LogP contribution < -0.4 is 10.1 Å². The summed E-state index contributed by atoms with van der Waals surface area (Å²) in [7, 11) is 0. The first-order valence-corrected chi connectivity index (χ1v) is 10.8. The Labute approximate surface area is 191 Å². The SMILES string of the molecule is CC(C)COc1ccc(Cl)cc1Cc1ccc(C(=O)Nc2ccc(-n3ccnc3)cc2)o1. The van der Waals surface area contributed by atoms with Gasteiger partial charge in [0.05, 0.1) is 12.9 Å². The third-order valence-electron chi connectivity index (χ3n) is 4.77. The molecule has 32 heavy (non-hydrogen) atoms. The van der Waals surface area contributed by atoms with Crippen molar-refractivity contribution in [3.63, 3.8) is 0 Å². The summed E-state index contributed by atoms with van der Waals surface area (Å²) >= 11 is 6.18.